The molecule has 0 radical (unpaired) electrons. The molecule has 9 nitrogen and oxygen atoms in total. The molecule has 1 aromatic carbocycles. The Morgan fingerprint density at radius 3 is 2.31 bits per heavy atom. The molecule has 0 atom stereocenters. The van der Waals surface area contributed by atoms with E-state index in [4.69, 9.17) is 4.79 Å². The number of hydrogen-bond acceptors (Lipinski definition) is 7. The van der Waals surface area contributed by atoms with E-state index in [-0.39, 0.29) is 11.5 Å². The van der Waals surface area contributed by atoms with Crippen LogP contribution in [-0.4, -0.2) is 46.0 Å². The van der Waals surface area contributed by atoms with Crippen molar-refractivity contribution in [2.75, 3.05) is 7.11 Å². The van der Waals surface area contributed by atoms with E-state index in [2.05, 4.69) is 19.7 Å². The average Bonchev–Trinajstić information content (AvgIpc) is 3.60. The number of carbonyl (C=O) groups excluding carboxylic acids is 1. The van der Waals surface area contributed by atoms with Crippen molar-refractivity contribution in [3.05, 3.63) is 54.6 Å². The summed E-state index contributed by atoms with van der Waals surface area (Å²) in [5.74, 6) is 0.410. The molecule has 3 aromatic heterocycles. The van der Waals surface area contributed by atoms with E-state index >= 15 is 0 Å². The zero-order valence-corrected chi connectivity index (χ0v) is 18.6. The van der Waals surface area contributed by atoms with Gasteiger partial charge in [-0.1, -0.05) is 50.3 Å². The van der Waals surface area contributed by atoms with Crippen LogP contribution in [0.25, 0.3) is 22.1 Å². The standard InChI is InChI=1S/C15H12N4O3S.C5H10.C2H4O2/c20-9-13-17-12-8-16-15-11(14(12)18-13)6-7-19(15)23(21,22)10-4-2-1-3-5-10;1-2-4-5-3-1;1-4-2-3/h1-8,20H,9H2,(H,17,18);1-5H2;2H,1H3. The van der Waals surface area contributed by atoms with Gasteiger partial charge in [0, 0.05) is 11.6 Å². The minimum Gasteiger partial charge on any atom is -0.471 e. The second-order valence-corrected chi connectivity index (χ2v) is 8.94. The second-order valence-electron chi connectivity index (χ2n) is 7.13. The molecular weight excluding hydrogens is 432 g/mol. The van der Waals surface area contributed by atoms with Crippen LogP contribution >= 0.6 is 0 Å². The Morgan fingerprint density at radius 1 is 1.12 bits per heavy atom. The fraction of sp³-hybridized carbons (Fsp3) is 0.318. The highest BCUT2D eigenvalue weighted by Crippen LogP contribution is 2.26. The number of methoxy groups -OCH3 is 1. The number of rotatable bonds is 4. The maximum atomic E-state index is 12.8. The number of aromatic amines is 1. The molecule has 1 aliphatic rings. The lowest BCUT2D eigenvalue weighted by Gasteiger charge is -2.06. The van der Waals surface area contributed by atoms with Crippen LogP contribution in [0.3, 0.4) is 0 Å². The van der Waals surface area contributed by atoms with Crippen LogP contribution in [0.5, 0.6) is 0 Å². The Labute approximate surface area is 186 Å². The molecule has 3 heterocycles. The first kappa shape index (κ1) is 23.4. The number of ether oxygens (including phenoxy) is 1. The van der Waals surface area contributed by atoms with Crippen molar-refractivity contribution in [1.82, 2.24) is 18.9 Å². The molecule has 2 N–H and O–H groups in total. The highest BCUT2D eigenvalue weighted by molar-refractivity contribution is 7.90. The van der Waals surface area contributed by atoms with Crippen molar-refractivity contribution < 1.29 is 23.1 Å². The van der Waals surface area contributed by atoms with Crippen LogP contribution in [0, 0.1) is 0 Å². The van der Waals surface area contributed by atoms with E-state index in [0.717, 1.165) is 3.97 Å². The largest absolute Gasteiger partial charge is 0.471 e. The highest BCUT2D eigenvalue weighted by Gasteiger charge is 2.21. The van der Waals surface area contributed by atoms with Gasteiger partial charge in [0.15, 0.2) is 5.65 Å². The van der Waals surface area contributed by atoms with E-state index in [9.17, 15) is 13.5 Å². The van der Waals surface area contributed by atoms with Gasteiger partial charge in [-0.3, -0.25) is 4.79 Å². The van der Waals surface area contributed by atoms with Crippen LogP contribution in [0.4, 0.5) is 0 Å². The van der Waals surface area contributed by atoms with Crippen molar-refractivity contribution in [2.45, 2.75) is 43.6 Å². The fourth-order valence-corrected chi connectivity index (χ4v) is 4.76. The topological polar surface area (TPSA) is 127 Å². The predicted octanol–water partition coefficient (Wildman–Crippen LogP) is 3.38. The lowest BCUT2D eigenvalue weighted by molar-refractivity contribution is -0.126. The Balaban J connectivity index is 0.000000270. The number of pyridine rings is 1. The predicted molar refractivity (Wildman–Crippen MR) is 120 cm³/mol. The molecule has 170 valence electrons. The van der Waals surface area contributed by atoms with E-state index in [1.165, 1.54) is 63.7 Å². The van der Waals surface area contributed by atoms with Gasteiger partial charge in [0.1, 0.15) is 17.9 Å². The molecule has 32 heavy (non-hydrogen) atoms. The number of nitrogens with zero attached hydrogens (tertiary/aromatic N) is 3. The van der Waals surface area contributed by atoms with Crippen molar-refractivity contribution in [2.24, 2.45) is 0 Å². The first-order valence-corrected chi connectivity index (χ1v) is 11.7. The number of aliphatic hydroxyl groups is 1. The van der Waals surface area contributed by atoms with Crippen LogP contribution in [-0.2, 0) is 26.2 Å². The van der Waals surface area contributed by atoms with Gasteiger partial charge < -0.3 is 14.8 Å². The number of nitrogens with one attached hydrogen (secondary N) is 1. The molecule has 5 rings (SSSR count). The number of benzene rings is 1. The number of carbonyl (C=O) groups is 1. The number of H-pyrrole nitrogens is 1. The summed E-state index contributed by atoms with van der Waals surface area (Å²) in [5.41, 5.74) is 1.54. The second kappa shape index (κ2) is 10.9. The fourth-order valence-electron chi connectivity index (χ4n) is 3.44. The SMILES string of the molecule is C1CCCC1.COC=O.O=S(=O)(c1ccccc1)n1ccc2c3nc(CO)[nH]c3cnc21. The molecular formula is C22H26N4O5S. The molecule has 1 saturated carbocycles. The zero-order valence-electron chi connectivity index (χ0n) is 17.8. The summed E-state index contributed by atoms with van der Waals surface area (Å²) >= 11 is 0. The normalized spacial score (nSPS) is 13.2. The maximum Gasteiger partial charge on any atom is 0.292 e. The Kier molecular flexibility index (Phi) is 7.96. The van der Waals surface area contributed by atoms with E-state index < -0.39 is 10.0 Å². The average molecular weight is 459 g/mol. The quantitative estimate of drug-likeness (QED) is 0.449. The van der Waals surface area contributed by atoms with Crippen molar-refractivity contribution in [3.8, 4) is 0 Å². The highest BCUT2D eigenvalue weighted by atomic mass is 32.2. The summed E-state index contributed by atoms with van der Waals surface area (Å²) in [6, 6.07) is 9.84. The lowest BCUT2D eigenvalue weighted by atomic mass is 10.3. The van der Waals surface area contributed by atoms with E-state index in [1.807, 2.05) is 0 Å². The molecule has 4 aromatic rings. The molecule has 1 aliphatic carbocycles. The number of fused-ring (bicyclic) bond motifs is 3. The van der Waals surface area contributed by atoms with Gasteiger partial charge >= 0.3 is 0 Å². The molecule has 10 heteroatoms. The Bertz CT molecular complexity index is 1250. The molecule has 0 unspecified atom stereocenters. The van der Waals surface area contributed by atoms with Gasteiger partial charge in [-0.05, 0) is 18.2 Å². The third-order valence-electron chi connectivity index (χ3n) is 4.97. The summed E-state index contributed by atoms with van der Waals surface area (Å²) in [4.78, 5) is 20.6. The van der Waals surface area contributed by atoms with Gasteiger partial charge in [-0.25, -0.2) is 22.4 Å². The molecule has 0 saturated heterocycles. The lowest BCUT2D eigenvalue weighted by Crippen LogP contribution is -2.12. The minimum absolute atomic E-state index is 0.192. The number of imidazole rings is 1. The molecule has 0 spiro atoms. The van der Waals surface area contributed by atoms with Crippen LogP contribution in [0.2, 0.25) is 0 Å². The Morgan fingerprint density at radius 2 is 1.75 bits per heavy atom. The summed E-state index contributed by atoms with van der Waals surface area (Å²) in [5, 5.41) is 9.79. The van der Waals surface area contributed by atoms with Gasteiger partial charge in [-0.2, -0.15) is 0 Å². The third kappa shape index (κ3) is 5.14. The smallest absolute Gasteiger partial charge is 0.292 e. The number of aromatic nitrogens is 4. The van der Waals surface area contributed by atoms with Crippen LogP contribution in [0.15, 0.2) is 53.7 Å². The molecule has 1 fully saturated rings. The van der Waals surface area contributed by atoms with E-state index in [0.29, 0.717) is 34.4 Å². The molecule has 0 aliphatic heterocycles. The van der Waals surface area contributed by atoms with Gasteiger partial charge in [-0.15, -0.1) is 0 Å². The first-order chi connectivity index (χ1) is 15.5. The zero-order chi connectivity index (χ0) is 23.0. The summed E-state index contributed by atoms with van der Waals surface area (Å²) < 4.78 is 30.5. The Hall–Kier alpha value is -3.24. The summed E-state index contributed by atoms with van der Waals surface area (Å²) in [6.45, 7) is 0.152. The maximum absolute atomic E-state index is 12.8. The van der Waals surface area contributed by atoms with Gasteiger partial charge in [0.25, 0.3) is 16.5 Å². The molecule has 0 bridgehead atoms. The molecule has 0 amide bonds. The summed E-state index contributed by atoms with van der Waals surface area (Å²) in [7, 11) is -2.41. The van der Waals surface area contributed by atoms with Crippen molar-refractivity contribution in [3.63, 3.8) is 0 Å². The number of hydrogen-bond donors (Lipinski definition) is 2. The van der Waals surface area contributed by atoms with Crippen LogP contribution in [0.1, 0.15) is 37.9 Å². The van der Waals surface area contributed by atoms with Crippen LogP contribution < -0.4 is 0 Å². The third-order valence-corrected chi connectivity index (χ3v) is 6.65. The van der Waals surface area contributed by atoms with Crippen molar-refractivity contribution >= 4 is 38.6 Å². The first-order valence-electron chi connectivity index (χ1n) is 10.3. The monoisotopic (exact) mass is 458 g/mol. The number of aliphatic hydroxyl groups excluding tert-OH is 1. The van der Waals surface area contributed by atoms with Gasteiger partial charge in [0.2, 0.25) is 0 Å². The van der Waals surface area contributed by atoms with Crippen molar-refractivity contribution in [1.29, 1.82) is 0 Å². The van der Waals surface area contributed by atoms with E-state index in [1.54, 1.807) is 24.3 Å². The summed E-state index contributed by atoms with van der Waals surface area (Å²) in [6.07, 6.45) is 10.5. The minimum atomic E-state index is -3.72. The van der Waals surface area contributed by atoms with Gasteiger partial charge in [0.05, 0.1) is 23.7 Å².